The van der Waals surface area contributed by atoms with Crippen LogP contribution in [-0.4, -0.2) is 30.8 Å². The zero-order valence-corrected chi connectivity index (χ0v) is 12.9. The average molecular weight is 277 g/mol. The maximum absolute atomic E-state index is 3.96. The van der Waals surface area contributed by atoms with Crippen LogP contribution in [-0.2, 0) is 0 Å². The quantitative estimate of drug-likeness (QED) is 0.724. The maximum Gasteiger partial charge on any atom is 0.0624 e. The van der Waals surface area contributed by atoms with Gasteiger partial charge in [0.2, 0.25) is 0 Å². The van der Waals surface area contributed by atoms with Gasteiger partial charge in [-0.1, -0.05) is 39.0 Å². The van der Waals surface area contributed by atoms with Gasteiger partial charge in [0, 0.05) is 24.0 Å². The van der Waals surface area contributed by atoms with Crippen LogP contribution in [0.1, 0.15) is 58.3 Å². The first kappa shape index (κ1) is 13.5. The minimum Gasteiger partial charge on any atom is -0.312 e. The molecule has 3 saturated heterocycles. The van der Waals surface area contributed by atoms with Crippen LogP contribution >= 0.6 is 0 Å². The van der Waals surface area contributed by atoms with Crippen LogP contribution in [0.15, 0.2) is 0 Å². The second-order valence-electron chi connectivity index (χ2n) is 7.61. The van der Waals surface area contributed by atoms with E-state index in [0.29, 0.717) is 6.17 Å². The molecule has 3 N–H and O–H groups in total. The minimum atomic E-state index is 0.590. The van der Waals surface area contributed by atoms with Crippen LogP contribution in [0.4, 0.5) is 0 Å². The van der Waals surface area contributed by atoms with Crippen LogP contribution < -0.4 is 16.0 Å². The molecule has 20 heavy (non-hydrogen) atoms. The molecule has 3 heterocycles. The molecule has 4 fully saturated rings. The fourth-order valence-corrected chi connectivity index (χ4v) is 5.84. The minimum absolute atomic E-state index is 0.590. The van der Waals surface area contributed by atoms with Gasteiger partial charge in [-0.05, 0) is 37.6 Å². The molecule has 1 aliphatic carbocycles. The van der Waals surface area contributed by atoms with Crippen molar-refractivity contribution in [2.24, 2.45) is 17.8 Å². The van der Waals surface area contributed by atoms with Crippen molar-refractivity contribution < 1.29 is 0 Å². The molecule has 4 aliphatic rings. The zero-order chi connectivity index (χ0) is 13.5. The molecule has 1 saturated carbocycles. The van der Waals surface area contributed by atoms with Crippen LogP contribution in [0.5, 0.6) is 0 Å². The fraction of sp³-hybridized carbons (Fsp3) is 1.00. The summed E-state index contributed by atoms with van der Waals surface area (Å²) in [6, 6.07) is 2.23. The van der Waals surface area contributed by atoms with Gasteiger partial charge in [-0.3, -0.25) is 10.6 Å². The summed E-state index contributed by atoms with van der Waals surface area (Å²) >= 11 is 0. The lowest BCUT2D eigenvalue weighted by atomic mass is 9.69. The highest BCUT2D eigenvalue weighted by Crippen LogP contribution is 2.46. The summed E-state index contributed by atoms with van der Waals surface area (Å²) in [6.07, 6.45) is 12.0. The number of fused-ring (bicyclic) bond motifs is 3. The Hall–Kier alpha value is -0.120. The Morgan fingerprint density at radius 2 is 1.75 bits per heavy atom. The van der Waals surface area contributed by atoms with Crippen LogP contribution in [0.2, 0.25) is 0 Å². The lowest BCUT2D eigenvalue weighted by Gasteiger charge is -2.38. The van der Waals surface area contributed by atoms with Crippen molar-refractivity contribution in [3.8, 4) is 0 Å². The topological polar surface area (TPSA) is 36.1 Å². The molecule has 3 aliphatic heterocycles. The monoisotopic (exact) mass is 277 g/mol. The molecule has 0 amide bonds. The Balaban J connectivity index is 1.57. The smallest absolute Gasteiger partial charge is 0.0624 e. The molecule has 0 aromatic heterocycles. The standard InChI is InChI=1S/C17H31N3/c1-2-12-14(11-7-4-3-5-8-11)15-16-13(9-6-10-18-16)20-17(15)19-12/h11-20H,2-10H2,1H3. The summed E-state index contributed by atoms with van der Waals surface area (Å²) in [6.45, 7) is 3.61. The van der Waals surface area contributed by atoms with E-state index in [9.17, 15) is 0 Å². The molecule has 0 radical (unpaired) electrons. The number of nitrogens with one attached hydrogen (secondary N) is 3. The van der Waals surface area contributed by atoms with Gasteiger partial charge in [0.15, 0.2) is 0 Å². The van der Waals surface area contributed by atoms with E-state index in [1.807, 2.05) is 0 Å². The molecule has 6 atom stereocenters. The fourth-order valence-electron chi connectivity index (χ4n) is 5.84. The Morgan fingerprint density at radius 1 is 0.900 bits per heavy atom. The highest BCUT2D eigenvalue weighted by Gasteiger charge is 2.55. The van der Waals surface area contributed by atoms with E-state index >= 15 is 0 Å². The summed E-state index contributed by atoms with van der Waals surface area (Å²) < 4.78 is 0. The van der Waals surface area contributed by atoms with Crippen molar-refractivity contribution in [2.75, 3.05) is 6.54 Å². The van der Waals surface area contributed by atoms with E-state index in [1.165, 1.54) is 57.9 Å². The Labute approximate surface area is 123 Å². The van der Waals surface area contributed by atoms with Crippen LogP contribution in [0.25, 0.3) is 0 Å². The molecule has 3 heteroatoms. The van der Waals surface area contributed by atoms with E-state index in [0.717, 1.165) is 35.9 Å². The summed E-state index contributed by atoms with van der Waals surface area (Å²) in [5.74, 6) is 2.74. The number of rotatable bonds is 2. The van der Waals surface area contributed by atoms with E-state index in [4.69, 9.17) is 0 Å². The molecule has 0 aromatic carbocycles. The first-order chi connectivity index (χ1) is 9.88. The highest BCUT2D eigenvalue weighted by atomic mass is 15.3. The summed E-state index contributed by atoms with van der Waals surface area (Å²) in [5.41, 5.74) is 0. The third-order valence-corrected chi connectivity index (χ3v) is 6.64. The second-order valence-corrected chi connectivity index (χ2v) is 7.61. The number of hydrogen-bond acceptors (Lipinski definition) is 3. The highest BCUT2D eigenvalue weighted by molar-refractivity contribution is 5.12. The van der Waals surface area contributed by atoms with Gasteiger partial charge in [-0.15, -0.1) is 0 Å². The van der Waals surface area contributed by atoms with Crippen molar-refractivity contribution in [2.45, 2.75) is 82.6 Å². The first-order valence-electron chi connectivity index (χ1n) is 9.14. The van der Waals surface area contributed by atoms with Crippen molar-refractivity contribution in [1.29, 1.82) is 0 Å². The lowest BCUT2D eigenvalue weighted by Crippen LogP contribution is -2.51. The molecule has 4 rings (SSSR count). The first-order valence-corrected chi connectivity index (χ1v) is 9.14. The van der Waals surface area contributed by atoms with Gasteiger partial charge in [0.1, 0.15) is 0 Å². The maximum atomic E-state index is 3.96. The molecular weight excluding hydrogens is 246 g/mol. The normalized spacial score (nSPS) is 49.0. The van der Waals surface area contributed by atoms with Crippen molar-refractivity contribution in [3.05, 3.63) is 0 Å². The van der Waals surface area contributed by atoms with Gasteiger partial charge in [0.05, 0.1) is 6.17 Å². The summed E-state index contributed by atoms with van der Waals surface area (Å²) in [7, 11) is 0. The Kier molecular flexibility index (Phi) is 3.78. The van der Waals surface area contributed by atoms with Crippen LogP contribution in [0.3, 0.4) is 0 Å². The molecule has 0 bridgehead atoms. The third kappa shape index (κ3) is 2.13. The number of piperidine rings is 1. The van der Waals surface area contributed by atoms with Crippen LogP contribution in [0, 0.1) is 17.8 Å². The zero-order valence-electron chi connectivity index (χ0n) is 12.9. The van der Waals surface area contributed by atoms with Gasteiger partial charge in [-0.2, -0.15) is 0 Å². The molecule has 6 unspecified atom stereocenters. The van der Waals surface area contributed by atoms with E-state index in [2.05, 4.69) is 22.9 Å². The predicted octanol–water partition coefficient (Wildman–Crippen LogP) is 2.23. The lowest BCUT2D eigenvalue weighted by molar-refractivity contribution is 0.152. The van der Waals surface area contributed by atoms with Gasteiger partial charge >= 0.3 is 0 Å². The largest absolute Gasteiger partial charge is 0.312 e. The van der Waals surface area contributed by atoms with Gasteiger partial charge in [-0.25, -0.2) is 0 Å². The van der Waals surface area contributed by atoms with E-state index < -0.39 is 0 Å². The molecule has 0 spiro atoms. The summed E-state index contributed by atoms with van der Waals surface area (Å²) in [4.78, 5) is 0. The third-order valence-electron chi connectivity index (χ3n) is 6.64. The van der Waals surface area contributed by atoms with Crippen molar-refractivity contribution in [1.82, 2.24) is 16.0 Å². The van der Waals surface area contributed by atoms with Gasteiger partial charge in [0.25, 0.3) is 0 Å². The molecule has 3 nitrogen and oxygen atoms in total. The summed E-state index contributed by atoms with van der Waals surface area (Å²) in [5, 5.41) is 11.7. The predicted molar refractivity (Wildman–Crippen MR) is 82.5 cm³/mol. The van der Waals surface area contributed by atoms with Crippen molar-refractivity contribution >= 4 is 0 Å². The van der Waals surface area contributed by atoms with E-state index in [-0.39, 0.29) is 0 Å². The van der Waals surface area contributed by atoms with Crippen molar-refractivity contribution in [3.63, 3.8) is 0 Å². The average Bonchev–Trinajstić information content (AvgIpc) is 3.03. The SMILES string of the molecule is CCC1NC2NC3CCCNC3C2C1C1CCCCC1. The second kappa shape index (κ2) is 5.58. The Morgan fingerprint density at radius 3 is 2.55 bits per heavy atom. The van der Waals surface area contributed by atoms with E-state index in [1.54, 1.807) is 0 Å². The molecule has 0 aromatic rings. The van der Waals surface area contributed by atoms with Gasteiger partial charge < -0.3 is 5.32 Å². The molecule has 114 valence electrons. The molecular formula is C17H31N3. The Bertz CT molecular complexity index is 339. The number of hydrogen-bond donors (Lipinski definition) is 3.